The number of benzene rings is 3. The fourth-order valence-electron chi connectivity index (χ4n) is 6.99. The molecule has 3 heterocycles. The largest absolute Gasteiger partial charge is 0.496 e. The van der Waals surface area contributed by atoms with Crippen molar-refractivity contribution < 1.29 is 14.6 Å². The number of carbonyl (C=O) groups excluding carboxylic acids is 1. The van der Waals surface area contributed by atoms with E-state index in [0.29, 0.717) is 17.4 Å². The van der Waals surface area contributed by atoms with Gasteiger partial charge in [0.2, 0.25) is 0 Å². The number of methoxy groups -OCH3 is 1. The Hall–Kier alpha value is -3.19. The van der Waals surface area contributed by atoms with Gasteiger partial charge < -0.3 is 19.0 Å². The maximum atomic E-state index is 11.7. The van der Waals surface area contributed by atoms with E-state index in [1.54, 1.807) is 13.2 Å². The van der Waals surface area contributed by atoms with E-state index in [2.05, 4.69) is 90.6 Å². The zero-order valence-corrected chi connectivity index (χ0v) is 22.2. The van der Waals surface area contributed by atoms with E-state index in [9.17, 15) is 9.90 Å². The molecule has 5 nitrogen and oxygen atoms in total. The van der Waals surface area contributed by atoms with Crippen LogP contribution in [0.1, 0.15) is 48.4 Å². The van der Waals surface area contributed by atoms with Crippen LogP contribution in [-0.2, 0) is 13.2 Å². The topological polar surface area (TPSA) is 54.5 Å². The minimum absolute atomic E-state index is 0.0125. The van der Waals surface area contributed by atoms with Crippen molar-refractivity contribution in [3.05, 3.63) is 89.6 Å². The Morgan fingerprint density at radius 1 is 1.03 bits per heavy atom. The number of ether oxygens (including phenoxy) is 1. The normalized spacial score (nSPS) is 20.8. The Balaban J connectivity index is 1.60. The lowest BCUT2D eigenvalue weighted by atomic mass is 10.1. The van der Waals surface area contributed by atoms with Gasteiger partial charge in [0.15, 0.2) is 8.24 Å². The number of hydrogen-bond acceptors (Lipinski definition) is 4. The van der Waals surface area contributed by atoms with E-state index in [1.165, 1.54) is 16.1 Å². The minimum atomic E-state index is -2.45. The summed E-state index contributed by atoms with van der Waals surface area (Å²) >= 11 is 0. The number of aliphatic hydroxyl groups excluding tert-OH is 1. The summed E-state index contributed by atoms with van der Waals surface area (Å²) in [5.41, 5.74) is 3.66. The first-order valence-electron chi connectivity index (χ1n) is 12.6. The molecule has 1 fully saturated rings. The zero-order valence-electron chi connectivity index (χ0n) is 21.2. The lowest BCUT2D eigenvalue weighted by Crippen LogP contribution is -2.70. The van der Waals surface area contributed by atoms with Crippen molar-refractivity contribution in [1.82, 2.24) is 9.13 Å². The molecular formula is C30H32N2O3Si. The van der Waals surface area contributed by atoms with Gasteiger partial charge in [0.05, 0.1) is 25.3 Å². The van der Waals surface area contributed by atoms with Crippen molar-refractivity contribution in [1.29, 1.82) is 0 Å². The second-order valence-corrected chi connectivity index (χ2v) is 15.6. The van der Waals surface area contributed by atoms with Gasteiger partial charge in [-0.05, 0) is 27.5 Å². The number of aromatic nitrogens is 1. The van der Waals surface area contributed by atoms with Gasteiger partial charge in [-0.25, -0.2) is 0 Å². The molecule has 6 rings (SSSR count). The highest BCUT2D eigenvalue weighted by Gasteiger charge is 2.68. The van der Waals surface area contributed by atoms with E-state index in [-0.39, 0.29) is 17.7 Å². The third-order valence-electron chi connectivity index (χ3n) is 8.25. The number of aldehydes is 1. The second kappa shape index (κ2) is 8.16. The third kappa shape index (κ3) is 2.98. The first-order valence-corrected chi connectivity index (χ1v) is 14.5. The smallest absolute Gasteiger partial charge is 0.198 e. The Bertz CT molecular complexity index is 1420. The SMILES string of the molecule is COc1cc(C=O)cc2c1c(CO)c1n2C[C@H]2[C@@H]1N2[Si](c1ccccc1)(c1ccccc1)C(C)(C)C. The Morgan fingerprint density at radius 2 is 1.64 bits per heavy atom. The summed E-state index contributed by atoms with van der Waals surface area (Å²) in [6.07, 6.45) is 0.866. The van der Waals surface area contributed by atoms with Crippen LogP contribution in [-0.4, -0.2) is 41.9 Å². The monoisotopic (exact) mass is 496 g/mol. The summed E-state index contributed by atoms with van der Waals surface area (Å²) in [5.74, 6) is 0.648. The Labute approximate surface area is 213 Å². The molecule has 1 aromatic heterocycles. The van der Waals surface area contributed by atoms with Crippen molar-refractivity contribution in [3.63, 3.8) is 0 Å². The van der Waals surface area contributed by atoms with Gasteiger partial charge in [-0.1, -0.05) is 81.4 Å². The standard InChI is InChI=1S/C30H32N2O3Si/c1-30(2,3)36(21-11-7-5-8-12-21,22-13-9-6-10-14-22)32-25-17-31-24-15-20(18-33)16-26(35-4)27(24)23(19-34)28(31)29(25)32/h5-16,18,25,29,34H,17,19H2,1-4H3/t25-,29-,32?/m0/s1. The molecule has 1 unspecified atom stereocenters. The summed E-state index contributed by atoms with van der Waals surface area (Å²) in [5, 5.41) is 14.4. The van der Waals surface area contributed by atoms with E-state index < -0.39 is 8.24 Å². The third-order valence-corrected chi connectivity index (χ3v) is 14.1. The molecule has 3 aromatic carbocycles. The number of rotatable bonds is 6. The van der Waals surface area contributed by atoms with E-state index in [4.69, 9.17) is 4.74 Å². The van der Waals surface area contributed by atoms with Gasteiger partial charge in [0, 0.05) is 34.8 Å². The molecule has 0 spiro atoms. The highest BCUT2D eigenvalue weighted by molar-refractivity contribution is 7.02. The van der Waals surface area contributed by atoms with Crippen molar-refractivity contribution in [2.45, 2.75) is 51.0 Å². The quantitative estimate of drug-likeness (QED) is 0.246. The highest BCUT2D eigenvalue weighted by atomic mass is 28.3. The highest BCUT2D eigenvalue weighted by Crippen LogP contribution is 2.59. The van der Waals surface area contributed by atoms with Crippen LogP contribution in [0.15, 0.2) is 72.8 Å². The van der Waals surface area contributed by atoms with Gasteiger partial charge in [0.25, 0.3) is 0 Å². The molecule has 0 bridgehead atoms. The number of aliphatic hydroxyl groups is 1. The van der Waals surface area contributed by atoms with Crippen molar-refractivity contribution in [2.24, 2.45) is 0 Å². The number of fused-ring (bicyclic) bond motifs is 5. The first kappa shape index (κ1) is 23.2. The molecule has 0 amide bonds. The van der Waals surface area contributed by atoms with Crippen molar-refractivity contribution in [2.75, 3.05) is 7.11 Å². The lowest BCUT2D eigenvalue weighted by molar-refractivity contribution is 0.112. The van der Waals surface area contributed by atoms with Crippen LogP contribution in [0.4, 0.5) is 0 Å². The minimum Gasteiger partial charge on any atom is -0.496 e. The molecule has 0 radical (unpaired) electrons. The molecule has 184 valence electrons. The second-order valence-electron chi connectivity index (χ2n) is 11.0. The van der Waals surface area contributed by atoms with Gasteiger partial charge in [-0.15, -0.1) is 0 Å². The maximum absolute atomic E-state index is 11.7. The summed E-state index contributed by atoms with van der Waals surface area (Å²) in [6, 6.07) is 26.3. The summed E-state index contributed by atoms with van der Waals surface area (Å²) in [4.78, 5) is 11.7. The molecule has 2 aliphatic rings. The maximum Gasteiger partial charge on any atom is 0.198 e. The van der Waals surface area contributed by atoms with Gasteiger partial charge in [0.1, 0.15) is 12.0 Å². The molecule has 1 N–H and O–H groups in total. The van der Waals surface area contributed by atoms with Crippen LogP contribution >= 0.6 is 0 Å². The molecule has 3 atom stereocenters. The van der Waals surface area contributed by atoms with E-state index in [0.717, 1.165) is 29.3 Å². The average Bonchev–Trinajstić information content (AvgIpc) is 3.29. The summed E-state index contributed by atoms with van der Waals surface area (Å²) in [7, 11) is -0.826. The number of hydrogen-bond donors (Lipinski definition) is 1. The molecule has 0 aliphatic carbocycles. The lowest BCUT2D eigenvalue weighted by Gasteiger charge is -2.46. The van der Waals surface area contributed by atoms with Crippen LogP contribution in [0.3, 0.4) is 0 Å². The van der Waals surface area contributed by atoms with Gasteiger partial charge in [-0.3, -0.25) is 4.79 Å². The molecule has 1 saturated heterocycles. The Morgan fingerprint density at radius 3 is 2.14 bits per heavy atom. The number of nitrogens with zero attached hydrogens (tertiary/aromatic N) is 2. The number of carbonyl (C=O) groups is 1. The van der Waals surface area contributed by atoms with Crippen molar-refractivity contribution >= 4 is 35.8 Å². The molecule has 36 heavy (non-hydrogen) atoms. The van der Waals surface area contributed by atoms with E-state index in [1.807, 2.05) is 6.07 Å². The van der Waals surface area contributed by atoms with Crippen LogP contribution in [0.5, 0.6) is 5.75 Å². The van der Waals surface area contributed by atoms with Crippen molar-refractivity contribution in [3.8, 4) is 5.75 Å². The van der Waals surface area contributed by atoms with Crippen LogP contribution in [0, 0.1) is 0 Å². The summed E-state index contributed by atoms with van der Waals surface area (Å²) < 4.78 is 10.8. The Kier molecular flexibility index (Phi) is 5.27. The first-order chi connectivity index (χ1) is 17.4. The molecule has 0 saturated carbocycles. The van der Waals surface area contributed by atoms with Crippen LogP contribution in [0.25, 0.3) is 10.9 Å². The molecule has 2 aliphatic heterocycles. The molecule has 4 aromatic rings. The fraction of sp³-hybridized carbons (Fsp3) is 0.300. The average molecular weight is 497 g/mol. The molecule has 6 heteroatoms. The van der Waals surface area contributed by atoms with Gasteiger partial charge >= 0.3 is 0 Å². The van der Waals surface area contributed by atoms with Crippen LogP contribution in [0.2, 0.25) is 5.04 Å². The predicted octanol–water partition coefficient (Wildman–Crippen LogP) is 4.25. The zero-order chi connectivity index (χ0) is 25.2. The van der Waals surface area contributed by atoms with E-state index >= 15 is 0 Å². The van der Waals surface area contributed by atoms with Gasteiger partial charge in [-0.2, -0.15) is 0 Å². The summed E-state index contributed by atoms with van der Waals surface area (Å²) in [6.45, 7) is 7.93. The fourth-order valence-corrected chi connectivity index (χ4v) is 13.1. The van der Waals surface area contributed by atoms with Crippen LogP contribution < -0.4 is 15.1 Å². The predicted molar refractivity (Wildman–Crippen MR) is 146 cm³/mol. The molecular weight excluding hydrogens is 464 g/mol.